The van der Waals surface area contributed by atoms with Crippen LogP contribution in [0.1, 0.15) is 46.6 Å². The van der Waals surface area contributed by atoms with Crippen LogP contribution in [-0.4, -0.2) is 51.2 Å². The van der Waals surface area contributed by atoms with E-state index in [0.29, 0.717) is 37.3 Å². The Morgan fingerprint density at radius 2 is 1.89 bits per heavy atom. The fourth-order valence-corrected chi connectivity index (χ4v) is 3.23. The highest BCUT2D eigenvalue weighted by Gasteiger charge is 2.32. The molecule has 1 amide bonds. The van der Waals surface area contributed by atoms with Crippen LogP contribution in [-0.2, 0) is 0 Å². The highest BCUT2D eigenvalue weighted by atomic mass is 16.5. The summed E-state index contributed by atoms with van der Waals surface area (Å²) in [5.41, 5.74) is 1.93. The molecule has 0 aliphatic carbocycles. The second-order valence-corrected chi connectivity index (χ2v) is 7.42. The predicted molar refractivity (Wildman–Crippen MR) is 103 cm³/mol. The van der Waals surface area contributed by atoms with Crippen molar-refractivity contribution in [1.29, 1.82) is 0 Å². The fraction of sp³-hybridized carbons (Fsp3) is 0.476. The number of nitrogens with zero attached hydrogens (tertiary/aromatic N) is 3. The van der Waals surface area contributed by atoms with E-state index >= 15 is 0 Å². The van der Waals surface area contributed by atoms with E-state index in [4.69, 9.17) is 4.74 Å². The van der Waals surface area contributed by atoms with E-state index in [1.165, 1.54) is 5.56 Å². The number of carbonyl (C=O) groups is 1. The van der Waals surface area contributed by atoms with Crippen molar-refractivity contribution < 1.29 is 14.6 Å². The molecule has 1 atom stereocenters. The SMILES string of the molecule is Cc1ncc(C(=O)N2CCCC(O)(COc3ccc(C)c(C)c3)CC2)cn1. The smallest absolute Gasteiger partial charge is 0.256 e. The minimum atomic E-state index is -0.933. The lowest BCUT2D eigenvalue weighted by molar-refractivity contribution is -0.0163. The molecular formula is C21H27N3O3. The number of hydrogen-bond donors (Lipinski definition) is 1. The summed E-state index contributed by atoms with van der Waals surface area (Å²) in [5.74, 6) is 1.31. The molecule has 1 aromatic heterocycles. The van der Waals surface area contributed by atoms with Gasteiger partial charge in [-0.15, -0.1) is 0 Å². The van der Waals surface area contributed by atoms with Crippen molar-refractivity contribution >= 4 is 5.91 Å². The fourth-order valence-electron chi connectivity index (χ4n) is 3.23. The Hall–Kier alpha value is -2.47. The van der Waals surface area contributed by atoms with Crippen molar-refractivity contribution in [3.05, 3.63) is 53.1 Å². The quantitative estimate of drug-likeness (QED) is 0.897. The van der Waals surface area contributed by atoms with Crippen LogP contribution in [0.2, 0.25) is 0 Å². The van der Waals surface area contributed by atoms with Crippen LogP contribution < -0.4 is 4.74 Å². The van der Waals surface area contributed by atoms with E-state index in [2.05, 4.69) is 16.9 Å². The van der Waals surface area contributed by atoms with Crippen LogP contribution in [0.5, 0.6) is 5.75 Å². The lowest BCUT2D eigenvalue weighted by atomic mass is 9.96. The number of hydrogen-bond acceptors (Lipinski definition) is 5. The number of carbonyl (C=O) groups excluding carboxylic acids is 1. The number of aliphatic hydroxyl groups is 1. The molecule has 144 valence electrons. The van der Waals surface area contributed by atoms with Crippen molar-refractivity contribution in [2.45, 2.75) is 45.6 Å². The Balaban J connectivity index is 1.60. The lowest BCUT2D eigenvalue weighted by Crippen LogP contribution is -2.38. The molecule has 6 heteroatoms. The van der Waals surface area contributed by atoms with Crippen LogP contribution in [0.3, 0.4) is 0 Å². The molecule has 1 aliphatic heterocycles. The highest BCUT2D eigenvalue weighted by Crippen LogP contribution is 2.25. The molecule has 27 heavy (non-hydrogen) atoms. The first kappa shape index (κ1) is 19.3. The zero-order valence-corrected chi connectivity index (χ0v) is 16.2. The first-order valence-electron chi connectivity index (χ1n) is 9.37. The zero-order valence-electron chi connectivity index (χ0n) is 16.2. The largest absolute Gasteiger partial charge is 0.491 e. The molecule has 1 aliphatic rings. The Labute approximate surface area is 160 Å². The minimum absolute atomic E-state index is 0.0886. The van der Waals surface area contributed by atoms with Gasteiger partial charge in [0.25, 0.3) is 5.91 Å². The van der Waals surface area contributed by atoms with Gasteiger partial charge in [0.05, 0.1) is 5.56 Å². The van der Waals surface area contributed by atoms with Gasteiger partial charge in [-0.25, -0.2) is 9.97 Å². The van der Waals surface area contributed by atoms with Gasteiger partial charge in [0.15, 0.2) is 0 Å². The van der Waals surface area contributed by atoms with Gasteiger partial charge in [-0.2, -0.15) is 0 Å². The predicted octanol–water partition coefficient (Wildman–Crippen LogP) is 2.84. The third-order valence-corrected chi connectivity index (χ3v) is 5.22. The van der Waals surface area contributed by atoms with E-state index in [0.717, 1.165) is 17.7 Å². The van der Waals surface area contributed by atoms with Gasteiger partial charge in [-0.3, -0.25) is 4.79 Å². The van der Waals surface area contributed by atoms with Crippen LogP contribution in [0.25, 0.3) is 0 Å². The first-order chi connectivity index (χ1) is 12.9. The topological polar surface area (TPSA) is 75.6 Å². The van der Waals surface area contributed by atoms with E-state index in [1.807, 2.05) is 25.1 Å². The van der Waals surface area contributed by atoms with Gasteiger partial charge in [0, 0.05) is 25.5 Å². The highest BCUT2D eigenvalue weighted by molar-refractivity contribution is 5.93. The third kappa shape index (κ3) is 4.83. The van der Waals surface area contributed by atoms with Crippen molar-refractivity contribution in [3.63, 3.8) is 0 Å². The summed E-state index contributed by atoms with van der Waals surface area (Å²) in [6.45, 7) is 7.21. The van der Waals surface area contributed by atoms with Crippen LogP contribution in [0.4, 0.5) is 0 Å². The maximum Gasteiger partial charge on any atom is 0.256 e. The number of amides is 1. The summed E-state index contributed by atoms with van der Waals surface area (Å²) in [4.78, 5) is 22.6. The molecule has 2 aromatic rings. The molecule has 2 heterocycles. The van der Waals surface area contributed by atoms with Gasteiger partial charge < -0.3 is 14.7 Å². The maximum atomic E-state index is 12.7. The molecule has 1 aromatic carbocycles. The molecule has 1 saturated heterocycles. The summed E-state index contributed by atoms with van der Waals surface area (Å²) in [6, 6.07) is 5.93. The Kier molecular flexibility index (Phi) is 5.75. The summed E-state index contributed by atoms with van der Waals surface area (Å²) in [6.07, 6.45) is 4.93. The van der Waals surface area contributed by atoms with E-state index in [1.54, 1.807) is 24.2 Å². The molecule has 0 bridgehead atoms. The summed E-state index contributed by atoms with van der Waals surface area (Å²) < 4.78 is 5.86. The summed E-state index contributed by atoms with van der Waals surface area (Å²) >= 11 is 0. The average molecular weight is 369 g/mol. The van der Waals surface area contributed by atoms with E-state index in [9.17, 15) is 9.90 Å². The number of aromatic nitrogens is 2. The molecular weight excluding hydrogens is 342 g/mol. The number of aryl methyl sites for hydroxylation is 3. The third-order valence-electron chi connectivity index (χ3n) is 5.22. The molecule has 1 fully saturated rings. The summed E-state index contributed by atoms with van der Waals surface area (Å²) in [5, 5.41) is 11.0. The molecule has 1 N–H and O–H groups in total. The average Bonchev–Trinajstić information content (AvgIpc) is 2.85. The molecule has 0 spiro atoms. The van der Waals surface area contributed by atoms with E-state index in [-0.39, 0.29) is 12.5 Å². The van der Waals surface area contributed by atoms with Gasteiger partial charge in [0.2, 0.25) is 0 Å². The zero-order chi connectivity index (χ0) is 19.4. The second-order valence-electron chi connectivity index (χ2n) is 7.42. The van der Waals surface area contributed by atoms with Crippen molar-refractivity contribution in [1.82, 2.24) is 14.9 Å². The summed E-state index contributed by atoms with van der Waals surface area (Å²) in [7, 11) is 0. The number of ether oxygens (including phenoxy) is 1. The Bertz CT molecular complexity index is 807. The van der Waals surface area contributed by atoms with Crippen molar-refractivity contribution in [2.75, 3.05) is 19.7 Å². The maximum absolute atomic E-state index is 12.7. The standard InChI is InChI=1S/C21H27N3O3/c1-15-5-6-19(11-16(15)2)27-14-21(26)7-4-9-24(10-8-21)20(25)18-12-22-17(3)23-13-18/h5-6,11-13,26H,4,7-10,14H2,1-3H3. The van der Waals surface area contributed by atoms with Crippen molar-refractivity contribution in [2.24, 2.45) is 0 Å². The van der Waals surface area contributed by atoms with Gasteiger partial charge in [0.1, 0.15) is 23.8 Å². The van der Waals surface area contributed by atoms with Crippen molar-refractivity contribution in [3.8, 4) is 5.75 Å². The molecule has 0 radical (unpaired) electrons. The van der Waals surface area contributed by atoms with Gasteiger partial charge in [-0.05, 0) is 63.3 Å². The minimum Gasteiger partial charge on any atom is -0.491 e. The molecule has 1 unspecified atom stereocenters. The Morgan fingerprint density at radius 1 is 1.15 bits per heavy atom. The lowest BCUT2D eigenvalue weighted by Gasteiger charge is -2.27. The second kappa shape index (κ2) is 8.05. The molecule has 0 saturated carbocycles. The first-order valence-corrected chi connectivity index (χ1v) is 9.37. The van der Waals surface area contributed by atoms with Crippen LogP contribution in [0.15, 0.2) is 30.6 Å². The molecule has 3 rings (SSSR count). The number of likely N-dealkylation sites (tertiary alicyclic amines) is 1. The number of rotatable bonds is 4. The Morgan fingerprint density at radius 3 is 2.59 bits per heavy atom. The monoisotopic (exact) mass is 369 g/mol. The van der Waals surface area contributed by atoms with Crippen LogP contribution in [0, 0.1) is 20.8 Å². The normalized spacial score (nSPS) is 20.2. The molecule has 6 nitrogen and oxygen atoms in total. The number of benzene rings is 1. The van der Waals surface area contributed by atoms with E-state index < -0.39 is 5.60 Å². The van der Waals surface area contributed by atoms with Gasteiger partial charge >= 0.3 is 0 Å². The van der Waals surface area contributed by atoms with Gasteiger partial charge in [-0.1, -0.05) is 6.07 Å². The van der Waals surface area contributed by atoms with Crippen LogP contribution >= 0.6 is 0 Å².